The fourth-order valence-corrected chi connectivity index (χ4v) is 2.94. The molecule has 0 amide bonds. The third kappa shape index (κ3) is 4.16. The number of aliphatic imine (C=N–C) groups is 1. The van der Waals surface area contributed by atoms with Crippen molar-refractivity contribution in [3.05, 3.63) is 66.0 Å². The van der Waals surface area contributed by atoms with Gasteiger partial charge in [-0.2, -0.15) is 0 Å². The topological polar surface area (TPSA) is 114 Å². The Kier molecular flexibility index (Phi) is 5.73. The van der Waals surface area contributed by atoms with Crippen molar-refractivity contribution >= 4 is 17.4 Å². The quantitative estimate of drug-likeness (QED) is 0.362. The van der Waals surface area contributed by atoms with Crippen LogP contribution in [0.1, 0.15) is 15.9 Å². The number of carbonyl (C=O) groups excluding carboxylic acids is 1. The molecule has 0 atom stereocenters. The van der Waals surface area contributed by atoms with Gasteiger partial charge in [0.25, 0.3) is 0 Å². The van der Waals surface area contributed by atoms with Gasteiger partial charge in [0.2, 0.25) is 5.75 Å². The van der Waals surface area contributed by atoms with Gasteiger partial charge in [-0.1, -0.05) is 6.07 Å². The maximum absolute atomic E-state index is 13.0. The molecule has 0 aliphatic carbocycles. The van der Waals surface area contributed by atoms with Crippen LogP contribution in [0.3, 0.4) is 0 Å². The Balaban J connectivity index is 1.95. The highest BCUT2D eigenvalue weighted by molar-refractivity contribution is 6.09. The van der Waals surface area contributed by atoms with Gasteiger partial charge < -0.3 is 30.2 Å². The van der Waals surface area contributed by atoms with Crippen LogP contribution < -0.4 is 25.7 Å². The Labute approximate surface area is 168 Å². The van der Waals surface area contributed by atoms with Crippen LogP contribution in [0.4, 0.5) is 5.69 Å². The molecule has 1 aromatic heterocycles. The summed E-state index contributed by atoms with van der Waals surface area (Å²) in [6.07, 6.45) is 3.53. The second kappa shape index (κ2) is 8.39. The second-order valence-corrected chi connectivity index (χ2v) is 6.11. The van der Waals surface area contributed by atoms with Gasteiger partial charge in [-0.25, -0.2) is 4.99 Å². The largest absolute Gasteiger partial charge is 0.493 e. The molecule has 8 nitrogen and oxygen atoms in total. The van der Waals surface area contributed by atoms with E-state index in [1.165, 1.54) is 21.3 Å². The van der Waals surface area contributed by atoms with E-state index >= 15 is 0 Å². The number of ether oxygens (including phenoxy) is 3. The van der Waals surface area contributed by atoms with Crippen molar-refractivity contribution in [3.63, 3.8) is 0 Å². The molecule has 0 fully saturated rings. The summed E-state index contributed by atoms with van der Waals surface area (Å²) in [5.41, 5.74) is 13.2. The highest BCUT2D eigenvalue weighted by atomic mass is 16.5. The highest BCUT2D eigenvalue weighted by Crippen LogP contribution is 2.38. The normalized spacial score (nSPS) is 10.3. The first-order valence-corrected chi connectivity index (χ1v) is 8.69. The van der Waals surface area contributed by atoms with E-state index in [1.807, 2.05) is 22.8 Å². The van der Waals surface area contributed by atoms with E-state index in [0.717, 1.165) is 5.69 Å². The third-order valence-corrected chi connectivity index (χ3v) is 4.27. The molecule has 29 heavy (non-hydrogen) atoms. The average Bonchev–Trinajstić information content (AvgIpc) is 3.22. The number of nitrogens with two attached hydrogens (primary N) is 2. The van der Waals surface area contributed by atoms with E-state index in [4.69, 9.17) is 25.7 Å². The van der Waals surface area contributed by atoms with Crippen molar-refractivity contribution in [2.45, 2.75) is 0 Å². The summed E-state index contributed by atoms with van der Waals surface area (Å²) in [7, 11) is 4.52. The zero-order valence-electron chi connectivity index (χ0n) is 16.4. The van der Waals surface area contributed by atoms with E-state index in [9.17, 15) is 4.79 Å². The number of hydrogen-bond donors (Lipinski definition) is 2. The number of benzene rings is 2. The van der Waals surface area contributed by atoms with Crippen LogP contribution in [-0.4, -0.2) is 37.6 Å². The molecule has 3 aromatic rings. The third-order valence-electron chi connectivity index (χ3n) is 4.27. The number of hydrogen-bond acceptors (Lipinski definition) is 5. The van der Waals surface area contributed by atoms with Gasteiger partial charge in [0.15, 0.2) is 23.2 Å². The van der Waals surface area contributed by atoms with E-state index in [-0.39, 0.29) is 11.7 Å². The lowest BCUT2D eigenvalue weighted by Gasteiger charge is -2.13. The fourth-order valence-electron chi connectivity index (χ4n) is 2.94. The van der Waals surface area contributed by atoms with Crippen molar-refractivity contribution in [1.82, 2.24) is 4.57 Å². The molecule has 4 N–H and O–H groups in total. The summed E-state index contributed by atoms with van der Waals surface area (Å²) in [5.74, 6) is 1.07. The maximum Gasteiger partial charge on any atom is 0.203 e. The van der Waals surface area contributed by atoms with Crippen molar-refractivity contribution in [1.29, 1.82) is 0 Å². The lowest BCUT2D eigenvalue weighted by atomic mass is 10.0. The van der Waals surface area contributed by atoms with E-state index in [0.29, 0.717) is 34.1 Å². The Bertz CT molecular complexity index is 1040. The Morgan fingerprint density at radius 3 is 2.21 bits per heavy atom. The molecule has 0 spiro atoms. The van der Waals surface area contributed by atoms with Crippen molar-refractivity contribution in [2.24, 2.45) is 16.5 Å². The molecule has 0 saturated heterocycles. The molecule has 1 heterocycles. The van der Waals surface area contributed by atoms with Crippen molar-refractivity contribution < 1.29 is 19.0 Å². The first-order chi connectivity index (χ1) is 14.0. The predicted molar refractivity (Wildman–Crippen MR) is 111 cm³/mol. The van der Waals surface area contributed by atoms with Crippen molar-refractivity contribution in [3.8, 4) is 22.9 Å². The predicted octanol–water partition coefficient (Wildman–Crippen LogP) is 2.64. The van der Waals surface area contributed by atoms with Gasteiger partial charge >= 0.3 is 0 Å². The Hall–Kier alpha value is -3.94. The molecule has 0 aliphatic rings. The lowest BCUT2D eigenvalue weighted by Crippen LogP contribution is -2.21. The number of guanidine groups is 1. The first kappa shape index (κ1) is 19.8. The number of methoxy groups -OCH3 is 3. The van der Waals surface area contributed by atoms with Crippen molar-refractivity contribution in [2.75, 3.05) is 21.3 Å². The second-order valence-electron chi connectivity index (χ2n) is 6.11. The fraction of sp³-hybridized carbons (Fsp3) is 0.143. The van der Waals surface area contributed by atoms with Gasteiger partial charge in [-0.3, -0.25) is 4.79 Å². The van der Waals surface area contributed by atoms with Crippen LogP contribution in [0.2, 0.25) is 0 Å². The summed E-state index contributed by atoms with van der Waals surface area (Å²) in [6.45, 7) is 0. The highest BCUT2D eigenvalue weighted by Gasteiger charge is 2.19. The van der Waals surface area contributed by atoms with Crippen LogP contribution in [-0.2, 0) is 0 Å². The number of ketones is 1. The summed E-state index contributed by atoms with van der Waals surface area (Å²) >= 11 is 0. The number of nitrogens with zero attached hydrogens (tertiary/aromatic N) is 2. The standard InChI is InChI=1S/C21H22N4O4/c1-27-17-9-14(10-18(28-2)20(17)29-3)19(26)13-7-8-25(12-13)16-6-4-5-15(11-16)24-21(22)23/h4-12H,1-3H3,(H4,22,23,24). The molecule has 0 aliphatic heterocycles. The van der Waals surface area contributed by atoms with E-state index in [1.54, 1.807) is 36.7 Å². The SMILES string of the molecule is COc1cc(C(=O)c2ccn(-c3cccc(N=C(N)N)c3)c2)cc(OC)c1OC. The molecular weight excluding hydrogens is 372 g/mol. The average molecular weight is 394 g/mol. The smallest absolute Gasteiger partial charge is 0.203 e. The first-order valence-electron chi connectivity index (χ1n) is 8.69. The maximum atomic E-state index is 13.0. The van der Waals surface area contributed by atoms with E-state index < -0.39 is 0 Å². The lowest BCUT2D eigenvalue weighted by molar-refractivity contribution is 0.103. The molecular formula is C21H22N4O4. The zero-order valence-corrected chi connectivity index (χ0v) is 16.4. The number of carbonyl (C=O) groups is 1. The molecule has 150 valence electrons. The van der Waals surface area contributed by atoms with Gasteiger partial charge in [-0.05, 0) is 36.4 Å². The minimum absolute atomic E-state index is 0.0204. The van der Waals surface area contributed by atoms with Crippen LogP contribution in [0.15, 0.2) is 59.9 Å². The summed E-state index contributed by atoms with van der Waals surface area (Å²) in [4.78, 5) is 17.1. The summed E-state index contributed by atoms with van der Waals surface area (Å²) in [5, 5.41) is 0. The van der Waals surface area contributed by atoms with Crippen LogP contribution >= 0.6 is 0 Å². The number of rotatable bonds is 7. The molecule has 8 heteroatoms. The molecule has 2 aromatic carbocycles. The van der Waals surface area contributed by atoms with Crippen LogP contribution in [0.25, 0.3) is 5.69 Å². The van der Waals surface area contributed by atoms with Gasteiger partial charge in [0.05, 0.1) is 27.0 Å². The minimum Gasteiger partial charge on any atom is -0.493 e. The van der Waals surface area contributed by atoms with Crippen LogP contribution in [0.5, 0.6) is 17.2 Å². The Morgan fingerprint density at radius 1 is 0.931 bits per heavy atom. The van der Waals surface area contributed by atoms with Crippen LogP contribution in [0, 0.1) is 0 Å². The van der Waals surface area contributed by atoms with Gasteiger partial charge in [0.1, 0.15) is 0 Å². The molecule has 0 unspecified atom stereocenters. The Morgan fingerprint density at radius 2 is 1.62 bits per heavy atom. The minimum atomic E-state index is -0.177. The van der Waals surface area contributed by atoms with Gasteiger partial charge in [0, 0.05) is 29.2 Å². The molecule has 0 saturated carbocycles. The molecule has 0 bridgehead atoms. The number of aromatic nitrogens is 1. The van der Waals surface area contributed by atoms with E-state index in [2.05, 4.69) is 4.99 Å². The van der Waals surface area contributed by atoms with Gasteiger partial charge in [-0.15, -0.1) is 0 Å². The summed E-state index contributed by atoms with van der Waals surface area (Å²) in [6, 6.07) is 12.3. The summed E-state index contributed by atoms with van der Waals surface area (Å²) < 4.78 is 17.8. The molecule has 0 radical (unpaired) electrons. The zero-order chi connectivity index (χ0) is 21.0. The molecule has 3 rings (SSSR count). The monoisotopic (exact) mass is 394 g/mol.